The molecule has 0 aliphatic heterocycles. The third kappa shape index (κ3) is 3.59. The quantitative estimate of drug-likeness (QED) is 0.306. The Morgan fingerprint density at radius 1 is 1.19 bits per heavy atom. The van der Waals surface area contributed by atoms with Crippen LogP contribution in [0.2, 0.25) is 0 Å². The molecule has 0 aliphatic carbocycles. The zero-order valence-electron chi connectivity index (χ0n) is 14.5. The van der Waals surface area contributed by atoms with Gasteiger partial charge in [0.15, 0.2) is 11.7 Å². The van der Waals surface area contributed by atoms with Gasteiger partial charge in [-0.15, -0.1) is 0 Å². The van der Waals surface area contributed by atoms with Crippen molar-refractivity contribution in [2.24, 2.45) is 0 Å². The molecular formula is C20H16N2O4S. The van der Waals surface area contributed by atoms with E-state index in [9.17, 15) is 9.59 Å². The number of ether oxygens (including phenoxy) is 1. The van der Waals surface area contributed by atoms with Gasteiger partial charge in [-0.25, -0.2) is 4.98 Å². The highest BCUT2D eigenvalue weighted by atomic mass is 32.2. The summed E-state index contributed by atoms with van der Waals surface area (Å²) in [6, 6.07) is 14.9. The van der Waals surface area contributed by atoms with E-state index >= 15 is 0 Å². The normalized spacial score (nSPS) is 12.3. The number of nitrogens with zero attached hydrogens (tertiary/aromatic N) is 1. The summed E-state index contributed by atoms with van der Waals surface area (Å²) in [4.78, 5) is 32.1. The van der Waals surface area contributed by atoms with Crippen LogP contribution in [-0.4, -0.2) is 33.6 Å². The van der Waals surface area contributed by atoms with E-state index in [1.165, 1.54) is 0 Å². The Balaban J connectivity index is 1.37. The van der Waals surface area contributed by atoms with Gasteiger partial charge in [-0.3, -0.25) is 9.59 Å². The molecule has 6 nitrogen and oxygen atoms in total. The second-order valence-corrected chi connectivity index (χ2v) is 6.91. The summed E-state index contributed by atoms with van der Waals surface area (Å²) in [5.74, 6) is -0.728. The predicted octanol–water partition coefficient (Wildman–Crippen LogP) is 4.22. The number of benzene rings is 2. The van der Waals surface area contributed by atoms with E-state index < -0.39 is 12.1 Å². The molecule has 2 aromatic carbocycles. The molecule has 0 saturated carbocycles. The number of nitrogens with one attached hydrogen (secondary N) is 1. The molecule has 0 amide bonds. The van der Waals surface area contributed by atoms with E-state index in [1.807, 2.05) is 48.5 Å². The number of carbonyl (C=O) groups excluding carboxylic acids is 2. The Morgan fingerprint density at radius 3 is 2.81 bits per heavy atom. The van der Waals surface area contributed by atoms with Crippen LogP contribution in [0.15, 0.2) is 64.4 Å². The molecule has 4 aromatic rings. The molecule has 4 rings (SSSR count). The molecular weight excluding hydrogens is 364 g/mol. The molecule has 0 unspecified atom stereocenters. The second kappa shape index (κ2) is 7.28. The maximum atomic E-state index is 12.6. The molecule has 0 bridgehead atoms. The third-order valence-electron chi connectivity index (χ3n) is 4.12. The van der Waals surface area contributed by atoms with Crippen LogP contribution in [0.3, 0.4) is 0 Å². The summed E-state index contributed by atoms with van der Waals surface area (Å²) < 4.78 is 10.8. The highest BCUT2D eigenvalue weighted by Gasteiger charge is 2.22. The highest BCUT2D eigenvalue weighted by molar-refractivity contribution is 7.99. The number of ketones is 1. The van der Waals surface area contributed by atoms with Crippen LogP contribution in [0.4, 0.5) is 0 Å². The summed E-state index contributed by atoms with van der Waals surface area (Å²) in [7, 11) is 0. The summed E-state index contributed by atoms with van der Waals surface area (Å²) in [5, 5.41) is 1.20. The van der Waals surface area contributed by atoms with Crippen molar-refractivity contribution < 1.29 is 18.7 Å². The maximum absolute atomic E-state index is 12.6. The fourth-order valence-corrected chi connectivity index (χ4v) is 3.43. The van der Waals surface area contributed by atoms with Gasteiger partial charge < -0.3 is 14.1 Å². The third-order valence-corrected chi connectivity index (χ3v) is 4.92. The van der Waals surface area contributed by atoms with Crippen molar-refractivity contribution in [2.75, 3.05) is 5.75 Å². The van der Waals surface area contributed by atoms with E-state index in [2.05, 4.69) is 9.97 Å². The van der Waals surface area contributed by atoms with Crippen LogP contribution in [0.25, 0.3) is 22.0 Å². The summed E-state index contributed by atoms with van der Waals surface area (Å²) in [6.45, 7) is 1.58. The lowest BCUT2D eigenvalue weighted by Gasteiger charge is -2.11. The van der Waals surface area contributed by atoms with Gasteiger partial charge in [-0.1, -0.05) is 42.1 Å². The maximum Gasteiger partial charge on any atom is 0.317 e. The fraction of sp³-hybridized carbons (Fsp3) is 0.150. The molecule has 7 heteroatoms. The minimum Gasteiger partial charge on any atom is -0.454 e. The lowest BCUT2D eigenvalue weighted by molar-refractivity contribution is -0.143. The Hall–Kier alpha value is -3.06. The number of H-pyrrole nitrogens is 1. The first-order valence-corrected chi connectivity index (χ1v) is 9.38. The van der Waals surface area contributed by atoms with E-state index in [4.69, 9.17) is 9.15 Å². The number of fused-ring (bicyclic) bond motifs is 2. The summed E-state index contributed by atoms with van der Waals surface area (Å²) in [5.41, 5.74) is 2.77. The van der Waals surface area contributed by atoms with Crippen LogP contribution in [0, 0.1) is 0 Å². The number of thioether (sulfide) groups is 1. The predicted molar refractivity (Wildman–Crippen MR) is 103 cm³/mol. The van der Waals surface area contributed by atoms with Crippen molar-refractivity contribution in [3.63, 3.8) is 0 Å². The van der Waals surface area contributed by atoms with Crippen LogP contribution < -0.4 is 0 Å². The number of carbonyl (C=O) groups is 2. The molecule has 0 radical (unpaired) electrons. The van der Waals surface area contributed by atoms with E-state index in [1.54, 1.807) is 13.1 Å². The molecule has 1 N–H and O–H groups in total. The highest BCUT2D eigenvalue weighted by Crippen LogP contribution is 2.24. The molecule has 0 saturated heterocycles. The molecule has 0 aliphatic rings. The number of Topliss-reactive ketones (excluding diaryl/α,β-unsaturated/α-hetero) is 1. The summed E-state index contributed by atoms with van der Waals surface area (Å²) in [6.07, 6.45) is 0.769. The zero-order valence-corrected chi connectivity index (χ0v) is 15.3. The number of rotatable bonds is 6. The van der Waals surface area contributed by atoms with Crippen LogP contribution >= 0.6 is 11.8 Å². The van der Waals surface area contributed by atoms with Crippen molar-refractivity contribution in [1.29, 1.82) is 0 Å². The molecule has 0 spiro atoms. The van der Waals surface area contributed by atoms with E-state index in [0.717, 1.165) is 28.2 Å². The molecule has 2 heterocycles. The van der Waals surface area contributed by atoms with E-state index in [-0.39, 0.29) is 11.5 Å². The number of aromatic amines is 1. The molecule has 1 atom stereocenters. The average Bonchev–Trinajstić information content (AvgIpc) is 3.29. The average molecular weight is 380 g/mol. The largest absolute Gasteiger partial charge is 0.454 e. The minimum atomic E-state index is -0.874. The number of esters is 1. The monoisotopic (exact) mass is 380 g/mol. The van der Waals surface area contributed by atoms with E-state index in [0.29, 0.717) is 16.4 Å². The van der Waals surface area contributed by atoms with Gasteiger partial charge in [0.25, 0.3) is 5.22 Å². The first kappa shape index (κ1) is 17.4. The van der Waals surface area contributed by atoms with Crippen molar-refractivity contribution in [3.8, 4) is 0 Å². The smallest absolute Gasteiger partial charge is 0.317 e. The molecule has 2 aromatic heterocycles. The Bertz CT molecular complexity index is 1100. The van der Waals surface area contributed by atoms with Crippen molar-refractivity contribution in [3.05, 3.63) is 60.3 Å². The molecule has 136 valence electrons. The lowest BCUT2D eigenvalue weighted by Crippen LogP contribution is -2.25. The number of oxazole rings is 1. The topological polar surface area (TPSA) is 85.2 Å². The van der Waals surface area contributed by atoms with Crippen molar-refractivity contribution in [2.45, 2.75) is 18.3 Å². The van der Waals surface area contributed by atoms with Gasteiger partial charge in [-0.2, -0.15) is 0 Å². The first-order valence-electron chi connectivity index (χ1n) is 8.40. The molecule has 0 fully saturated rings. The van der Waals surface area contributed by atoms with Crippen LogP contribution in [-0.2, 0) is 9.53 Å². The number of aromatic nitrogens is 2. The fourth-order valence-electron chi connectivity index (χ4n) is 2.81. The SMILES string of the molecule is C[C@H](OC(=O)CSc1nc2ccccc2o1)C(=O)c1c[nH]c2ccccc12. The van der Waals surface area contributed by atoms with Gasteiger partial charge in [-0.05, 0) is 25.1 Å². The van der Waals surface area contributed by atoms with Gasteiger partial charge >= 0.3 is 5.97 Å². The van der Waals surface area contributed by atoms with Gasteiger partial charge in [0.1, 0.15) is 11.3 Å². The van der Waals surface area contributed by atoms with Crippen LogP contribution in [0.5, 0.6) is 0 Å². The number of para-hydroxylation sites is 3. The second-order valence-electron chi connectivity index (χ2n) is 5.98. The molecule has 27 heavy (non-hydrogen) atoms. The van der Waals surface area contributed by atoms with Gasteiger partial charge in [0, 0.05) is 22.7 Å². The van der Waals surface area contributed by atoms with Gasteiger partial charge in [0.05, 0.1) is 0 Å². The van der Waals surface area contributed by atoms with Crippen LogP contribution in [0.1, 0.15) is 17.3 Å². The number of hydrogen-bond donors (Lipinski definition) is 1. The summed E-state index contributed by atoms with van der Waals surface area (Å²) >= 11 is 1.14. The Kier molecular flexibility index (Phi) is 4.68. The van der Waals surface area contributed by atoms with Gasteiger partial charge in [0.2, 0.25) is 5.78 Å². The Labute approximate surface area is 158 Å². The first-order chi connectivity index (χ1) is 13.1. The minimum absolute atomic E-state index is 0.0122. The van der Waals surface area contributed by atoms with Crippen molar-refractivity contribution in [1.82, 2.24) is 9.97 Å². The Morgan fingerprint density at radius 2 is 1.96 bits per heavy atom. The zero-order chi connectivity index (χ0) is 18.8. The lowest BCUT2D eigenvalue weighted by atomic mass is 10.1. The standard InChI is InChI=1S/C20H16N2O4S/c1-12(19(24)14-10-21-15-7-3-2-6-13(14)15)25-18(23)11-27-20-22-16-8-4-5-9-17(16)26-20/h2-10,12,21H,11H2,1H3/t12-/m0/s1. The number of hydrogen-bond acceptors (Lipinski definition) is 6. The van der Waals surface area contributed by atoms with Crippen molar-refractivity contribution >= 4 is 45.5 Å².